The summed E-state index contributed by atoms with van der Waals surface area (Å²) >= 11 is 0. The first kappa shape index (κ1) is 56.6. The second kappa shape index (κ2) is 22.8. The Hall–Kier alpha value is -1.99. The molecule has 0 saturated carbocycles. The maximum absolute atomic E-state index is 14.5. The number of aliphatic hydroxyl groups excluding tert-OH is 5. The number of carbonyl (C=O) groups is 3. The van der Waals surface area contributed by atoms with Gasteiger partial charge in [-0.15, -0.1) is 0 Å². The van der Waals surface area contributed by atoms with Crippen molar-refractivity contribution >= 4 is 17.7 Å². The Morgan fingerprint density at radius 3 is 1.92 bits per heavy atom. The molecule has 0 amide bonds. The van der Waals surface area contributed by atoms with E-state index in [0.717, 1.165) is 6.92 Å². The molecular weight excluding hydrogens is 870 g/mol. The van der Waals surface area contributed by atoms with Crippen molar-refractivity contribution in [3.05, 3.63) is 0 Å². The standard InChI is InChI=1S/C46H81NO19/c1-16-30-46(11,56)38(54)23(4)32(50)21(2)18-44(9,57-14)39(65-42-33(51)28(47(12)13)17-22(3)59-42)24(5)36(25(6)41(55)63-30)64-31-19-45(10,58-15)40(26(7)60-31)66-43-37(61-27(8)49)35(53)34(52)29(20-48)62-43/h21-26,28-31,33-40,42-43,48,51-54,56H,16-20H2,1-15H3/t21-,22-,23+,24+,25-,26+,28+,29-,30-,31+,33-,34-,35+,36+,37-,38-,39-,40+,42+,43+,44-,45-,46-/m1/s1. The van der Waals surface area contributed by atoms with Crippen LogP contribution in [-0.2, 0) is 61.8 Å². The van der Waals surface area contributed by atoms with Crippen molar-refractivity contribution in [3.8, 4) is 0 Å². The van der Waals surface area contributed by atoms with E-state index in [1.807, 2.05) is 25.9 Å². The molecule has 0 aromatic carbocycles. The van der Waals surface area contributed by atoms with Crippen LogP contribution in [0, 0.1) is 23.7 Å². The minimum atomic E-state index is -2.05. The van der Waals surface area contributed by atoms with Crippen molar-refractivity contribution in [1.82, 2.24) is 4.90 Å². The highest BCUT2D eigenvalue weighted by Crippen LogP contribution is 2.43. The number of nitrogens with zero attached hydrogens (tertiary/aromatic N) is 1. The fraction of sp³-hybridized carbons (Fsp3) is 0.935. The summed E-state index contributed by atoms with van der Waals surface area (Å²) < 4.78 is 62.6. The lowest BCUT2D eigenvalue weighted by Crippen LogP contribution is -2.65. The lowest BCUT2D eigenvalue weighted by Gasteiger charge is -2.51. The second-order valence-corrected chi connectivity index (χ2v) is 20.0. The van der Waals surface area contributed by atoms with E-state index in [1.165, 1.54) is 28.1 Å². The number of Topliss-reactive ketones (excluding diaryl/α,β-unsaturated/α-hetero) is 1. The van der Waals surface area contributed by atoms with Crippen LogP contribution in [0.1, 0.15) is 102 Å². The number of likely N-dealkylation sites (N-methyl/N-ethyl adjacent to an activating group) is 1. The summed E-state index contributed by atoms with van der Waals surface area (Å²) in [6, 6.07) is -0.353. The van der Waals surface area contributed by atoms with Gasteiger partial charge in [0.1, 0.15) is 48.0 Å². The SMILES string of the molecule is CC[C@H]1OC(=O)[C@H](C)[C@@H](O[C@H]2C[C@@](C)(OC)[C@@H](O[C@@H]3O[C@H](CO)[C@@H](O)[C@H](O)[C@H]3OC(C)=O)[C@H](C)O2)[C@H](C)[C@@H](O[C@@H]2O[C@H](C)C[C@H](N(C)C)[C@H]2O)[C@](C)(OC)C[C@@H](C)C(=O)[C@H](C)[C@@H](O)[C@]1(C)O. The van der Waals surface area contributed by atoms with Crippen molar-refractivity contribution in [2.45, 2.75) is 217 Å². The number of rotatable bonds is 12. The van der Waals surface area contributed by atoms with E-state index in [1.54, 1.807) is 48.5 Å². The molecule has 20 heteroatoms. The van der Waals surface area contributed by atoms with Crippen molar-refractivity contribution in [3.63, 3.8) is 0 Å². The summed E-state index contributed by atoms with van der Waals surface area (Å²) in [5.74, 6) is -5.78. The lowest BCUT2D eigenvalue weighted by atomic mass is 9.74. The molecule has 4 saturated heterocycles. The van der Waals surface area contributed by atoms with Crippen molar-refractivity contribution in [2.75, 3.05) is 34.9 Å². The summed E-state index contributed by atoms with van der Waals surface area (Å²) in [4.78, 5) is 42.7. The molecule has 0 bridgehead atoms. The number of ether oxygens (including phenoxy) is 10. The molecule has 0 spiro atoms. The number of aliphatic hydroxyl groups is 6. The molecule has 4 aliphatic heterocycles. The van der Waals surface area contributed by atoms with Gasteiger partial charge in [-0.05, 0) is 74.9 Å². The fourth-order valence-corrected chi connectivity index (χ4v) is 10.5. The highest BCUT2D eigenvalue weighted by molar-refractivity contribution is 5.83. The third kappa shape index (κ3) is 12.1. The topological polar surface area (TPSA) is 268 Å². The Bertz CT molecular complexity index is 1600. The molecule has 4 aliphatic rings. The number of carbonyl (C=O) groups excluding carboxylic acids is 3. The molecule has 0 aromatic rings. The van der Waals surface area contributed by atoms with Crippen molar-refractivity contribution in [2.24, 2.45) is 23.7 Å². The second-order valence-electron chi connectivity index (χ2n) is 20.0. The normalized spacial score (nSPS) is 48.1. The van der Waals surface area contributed by atoms with Crippen LogP contribution in [0.15, 0.2) is 0 Å². The van der Waals surface area contributed by atoms with Crippen LogP contribution < -0.4 is 0 Å². The molecular formula is C46H81NO19. The average molecular weight is 952 g/mol. The zero-order chi connectivity index (χ0) is 50.0. The van der Waals surface area contributed by atoms with Crippen LogP contribution in [0.25, 0.3) is 0 Å². The molecule has 4 heterocycles. The molecule has 4 fully saturated rings. The van der Waals surface area contributed by atoms with Gasteiger partial charge in [0.25, 0.3) is 0 Å². The molecule has 384 valence electrons. The van der Waals surface area contributed by atoms with Crippen LogP contribution in [0.4, 0.5) is 0 Å². The van der Waals surface area contributed by atoms with Gasteiger partial charge >= 0.3 is 11.9 Å². The summed E-state index contributed by atoms with van der Waals surface area (Å²) in [6.07, 6.45) is -17.8. The minimum Gasteiger partial charge on any atom is -0.459 e. The molecule has 0 unspecified atom stereocenters. The Morgan fingerprint density at radius 2 is 1.38 bits per heavy atom. The van der Waals surface area contributed by atoms with Crippen molar-refractivity contribution in [1.29, 1.82) is 0 Å². The largest absolute Gasteiger partial charge is 0.459 e. The first-order chi connectivity index (χ1) is 30.6. The molecule has 0 aliphatic carbocycles. The van der Waals surface area contributed by atoms with E-state index in [-0.39, 0.29) is 37.2 Å². The molecule has 0 radical (unpaired) electrons. The van der Waals surface area contributed by atoms with Crippen LogP contribution in [0.3, 0.4) is 0 Å². The van der Waals surface area contributed by atoms with Crippen LogP contribution in [0.5, 0.6) is 0 Å². The van der Waals surface area contributed by atoms with Gasteiger partial charge in [0.15, 0.2) is 25.0 Å². The van der Waals surface area contributed by atoms with Gasteiger partial charge in [0.2, 0.25) is 0 Å². The van der Waals surface area contributed by atoms with Crippen LogP contribution >= 0.6 is 0 Å². The highest BCUT2D eigenvalue weighted by atomic mass is 16.8. The van der Waals surface area contributed by atoms with Crippen LogP contribution in [-0.4, -0.2) is 203 Å². The van der Waals surface area contributed by atoms with E-state index in [9.17, 15) is 45.0 Å². The first-order valence-corrected chi connectivity index (χ1v) is 23.3. The molecule has 23 atom stereocenters. The number of hydrogen-bond acceptors (Lipinski definition) is 20. The Morgan fingerprint density at radius 1 is 0.788 bits per heavy atom. The zero-order valence-electron chi connectivity index (χ0n) is 41.5. The summed E-state index contributed by atoms with van der Waals surface area (Å²) in [5, 5.41) is 66.6. The highest BCUT2D eigenvalue weighted by Gasteiger charge is 2.56. The van der Waals surface area contributed by atoms with E-state index in [2.05, 4.69) is 0 Å². The van der Waals surface area contributed by atoms with E-state index < -0.39 is 145 Å². The number of ketones is 1. The minimum absolute atomic E-state index is 0.0347. The number of methoxy groups -OCH3 is 2. The lowest BCUT2D eigenvalue weighted by molar-refractivity contribution is -0.362. The van der Waals surface area contributed by atoms with Gasteiger partial charge in [-0.3, -0.25) is 14.4 Å². The molecule has 6 N–H and O–H groups in total. The fourth-order valence-electron chi connectivity index (χ4n) is 10.5. The average Bonchev–Trinajstić information content (AvgIpc) is 3.25. The van der Waals surface area contributed by atoms with Gasteiger partial charge in [0.05, 0.1) is 54.2 Å². The molecule has 20 nitrogen and oxygen atoms in total. The Balaban J connectivity index is 1.82. The first-order valence-electron chi connectivity index (χ1n) is 23.3. The summed E-state index contributed by atoms with van der Waals surface area (Å²) in [7, 11) is 6.61. The third-order valence-electron chi connectivity index (χ3n) is 14.6. The maximum atomic E-state index is 14.5. The van der Waals surface area contributed by atoms with Gasteiger partial charge in [0, 0.05) is 51.4 Å². The summed E-state index contributed by atoms with van der Waals surface area (Å²) in [6.45, 7) is 17.1. The van der Waals surface area contributed by atoms with Gasteiger partial charge in [-0.1, -0.05) is 27.7 Å². The molecule has 66 heavy (non-hydrogen) atoms. The van der Waals surface area contributed by atoms with Crippen molar-refractivity contribution < 1.29 is 92.4 Å². The molecule has 4 rings (SSSR count). The van der Waals surface area contributed by atoms with Gasteiger partial charge in [-0.2, -0.15) is 0 Å². The summed E-state index contributed by atoms with van der Waals surface area (Å²) in [5.41, 5.74) is -4.68. The monoisotopic (exact) mass is 952 g/mol. The van der Waals surface area contributed by atoms with E-state index in [4.69, 9.17) is 47.4 Å². The Labute approximate surface area is 389 Å². The number of esters is 2. The molecule has 0 aromatic heterocycles. The zero-order valence-corrected chi connectivity index (χ0v) is 41.5. The maximum Gasteiger partial charge on any atom is 0.311 e. The third-order valence-corrected chi connectivity index (χ3v) is 14.6. The van der Waals surface area contributed by atoms with E-state index >= 15 is 0 Å². The van der Waals surface area contributed by atoms with Gasteiger partial charge < -0.3 is 82.9 Å². The van der Waals surface area contributed by atoms with E-state index in [0.29, 0.717) is 6.42 Å². The van der Waals surface area contributed by atoms with Gasteiger partial charge in [-0.25, -0.2) is 0 Å². The predicted octanol–water partition coefficient (Wildman–Crippen LogP) is 0.835. The quantitative estimate of drug-likeness (QED) is 0.148. The predicted molar refractivity (Wildman–Crippen MR) is 233 cm³/mol. The smallest absolute Gasteiger partial charge is 0.311 e. The number of hydrogen-bond donors (Lipinski definition) is 6. The Kier molecular flexibility index (Phi) is 19.6. The number of cyclic esters (lactones) is 1. The van der Waals surface area contributed by atoms with Crippen LogP contribution in [0.2, 0.25) is 0 Å².